The number of aliphatic hydroxyl groups excluding tert-OH is 1. The van der Waals surface area contributed by atoms with Gasteiger partial charge in [0.05, 0.1) is 6.10 Å². The zero-order chi connectivity index (χ0) is 13.3. The lowest BCUT2D eigenvalue weighted by Crippen LogP contribution is -2.48. The molecule has 0 spiro atoms. The molecule has 2 N–H and O–H groups in total. The molecule has 1 aromatic carbocycles. The van der Waals surface area contributed by atoms with Crippen molar-refractivity contribution >= 4 is 5.97 Å². The molecule has 1 heterocycles. The topological polar surface area (TPSA) is 60.8 Å². The molecule has 0 saturated carbocycles. The summed E-state index contributed by atoms with van der Waals surface area (Å²) in [5, 5.41) is 19.1. The molecule has 18 heavy (non-hydrogen) atoms. The normalized spacial score (nSPS) is 23.2. The van der Waals surface area contributed by atoms with Gasteiger partial charge in [0.1, 0.15) is 6.04 Å². The molecule has 0 radical (unpaired) electrons. The van der Waals surface area contributed by atoms with Crippen LogP contribution in [0.4, 0.5) is 0 Å². The van der Waals surface area contributed by atoms with Gasteiger partial charge < -0.3 is 10.2 Å². The maximum Gasteiger partial charge on any atom is 0.325 e. The first kappa shape index (κ1) is 13.1. The number of aliphatic hydroxyl groups is 1. The molecular weight excluding hydrogens is 230 g/mol. The Kier molecular flexibility index (Phi) is 3.68. The molecule has 2 rings (SSSR count). The Morgan fingerprint density at radius 1 is 1.39 bits per heavy atom. The number of nitrogens with zero attached hydrogens (tertiary/aromatic N) is 1. The molecule has 0 amide bonds. The molecule has 3 atom stereocenters. The van der Waals surface area contributed by atoms with Gasteiger partial charge in [-0.05, 0) is 31.4 Å². The first-order valence-corrected chi connectivity index (χ1v) is 6.26. The smallest absolute Gasteiger partial charge is 0.325 e. The summed E-state index contributed by atoms with van der Waals surface area (Å²) >= 11 is 0. The summed E-state index contributed by atoms with van der Waals surface area (Å²) in [6, 6.07) is 6.83. The third-order valence-electron chi connectivity index (χ3n) is 3.78. The first-order valence-electron chi connectivity index (χ1n) is 6.26. The van der Waals surface area contributed by atoms with Gasteiger partial charge in [0, 0.05) is 12.6 Å². The third-order valence-corrected chi connectivity index (χ3v) is 3.78. The Bertz CT molecular complexity index is 444. The van der Waals surface area contributed by atoms with Crippen LogP contribution in [0.15, 0.2) is 24.3 Å². The number of carboxylic acid groups (broad SMARTS) is 1. The van der Waals surface area contributed by atoms with Crippen LogP contribution < -0.4 is 0 Å². The fourth-order valence-electron chi connectivity index (χ4n) is 2.58. The number of carboxylic acids is 1. The third kappa shape index (κ3) is 2.26. The Morgan fingerprint density at radius 3 is 2.67 bits per heavy atom. The molecule has 0 saturated heterocycles. The zero-order valence-electron chi connectivity index (χ0n) is 10.7. The van der Waals surface area contributed by atoms with Crippen molar-refractivity contribution in [3.8, 4) is 0 Å². The van der Waals surface area contributed by atoms with Crippen molar-refractivity contribution < 1.29 is 15.0 Å². The van der Waals surface area contributed by atoms with Gasteiger partial charge in [-0.2, -0.15) is 0 Å². The molecule has 4 nitrogen and oxygen atoms in total. The van der Waals surface area contributed by atoms with E-state index in [0.717, 1.165) is 17.5 Å². The second-order valence-electron chi connectivity index (χ2n) is 4.91. The summed E-state index contributed by atoms with van der Waals surface area (Å²) in [5.74, 6) is -0.852. The summed E-state index contributed by atoms with van der Waals surface area (Å²) in [4.78, 5) is 13.4. The maximum atomic E-state index is 11.5. The summed E-state index contributed by atoms with van der Waals surface area (Å²) in [6.45, 7) is 4.23. The van der Waals surface area contributed by atoms with Crippen molar-refractivity contribution in [3.63, 3.8) is 0 Å². The largest absolute Gasteiger partial charge is 0.480 e. The fraction of sp³-hybridized carbons (Fsp3) is 0.500. The van der Waals surface area contributed by atoms with Gasteiger partial charge >= 0.3 is 5.97 Å². The van der Waals surface area contributed by atoms with E-state index in [1.54, 1.807) is 6.92 Å². The lowest BCUT2D eigenvalue weighted by molar-refractivity contribution is -0.146. The predicted molar refractivity (Wildman–Crippen MR) is 68.4 cm³/mol. The molecular formula is C14H19NO3. The molecule has 0 aliphatic carbocycles. The van der Waals surface area contributed by atoms with Crippen LogP contribution >= 0.6 is 0 Å². The van der Waals surface area contributed by atoms with Crippen LogP contribution in [0, 0.1) is 0 Å². The van der Waals surface area contributed by atoms with E-state index >= 15 is 0 Å². The van der Waals surface area contributed by atoms with Crippen molar-refractivity contribution in [2.45, 2.75) is 38.5 Å². The average Bonchev–Trinajstić information content (AvgIpc) is 2.36. The van der Waals surface area contributed by atoms with E-state index in [1.165, 1.54) is 0 Å². The lowest BCUT2D eigenvalue weighted by atomic mass is 9.91. The highest BCUT2D eigenvalue weighted by atomic mass is 16.4. The number of hydrogen-bond acceptors (Lipinski definition) is 3. The van der Waals surface area contributed by atoms with Gasteiger partial charge in [0.2, 0.25) is 0 Å². The van der Waals surface area contributed by atoms with E-state index < -0.39 is 18.1 Å². The van der Waals surface area contributed by atoms with Crippen LogP contribution in [-0.4, -0.2) is 39.8 Å². The Balaban J connectivity index is 2.39. The maximum absolute atomic E-state index is 11.5. The van der Waals surface area contributed by atoms with Gasteiger partial charge in [0.25, 0.3) is 0 Å². The van der Waals surface area contributed by atoms with E-state index in [0.29, 0.717) is 6.54 Å². The predicted octanol–water partition coefficient (Wildman–Crippen LogP) is 1.44. The number of aliphatic carboxylic acids is 1. The molecule has 0 aromatic heterocycles. The number of rotatable bonds is 3. The van der Waals surface area contributed by atoms with Crippen LogP contribution in [0.3, 0.4) is 0 Å². The SMILES string of the molecule is CC(O)C(C)N1CCc2ccccc2C1C(=O)O. The van der Waals surface area contributed by atoms with Gasteiger partial charge in [-0.1, -0.05) is 24.3 Å². The standard InChI is InChI=1S/C14H19NO3/c1-9(10(2)16)15-8-7-11-5-3-4-6-12(11)13(15)14(17)18/h3-6,9-10,13,16H,7-8H2,1-2H3,(H,17,18). The lowest BCUT2D eigenvalue weighted by Gasteiger charge is -2.39. The minimum absolute atomic E-state index is 0.167. The minimum Gasteiger partial charge on any atom is -0.480 e. The Morgan fingerprint density at radius 2 is 2.06 bits per heavy atom. The molecule has 1 aromatic rings. The summed E-state index contributed by atoms with van der Waals surface area (Å²) < 4.78 is 0. The number of carbonyl (C=O) groups is 1. The minimum atomic E-state index is -0.852. The molecule has 0 bridgehead atoms. The van der Waals surface area contributed by atoms with E-state index in [2.05, 4.69) is 0 Å². The van der Waals surface area contributed by atoms with Crippen molar-refractivity contribution in [3.05, 3.63) is 35.4 Å². The second-order valence-corrected chi connectivity index (χ2v) is 4.91. The zero-order valence-corrected chi connectivity index (χ0v) is 10.7. The first-order chi connectivity index (χ1) is 8.52. The van der Waals surface area contributed by atoms with Crippen molar-refractivity contribution in [2.24, 2.45) is 0 Å². The number of fused-ring (bicyclic) bond motifs is 1. The molecule has 1 aliphatic rings. The molecule has 98 valence electrons. The van der Waals surface area contributed by atoms with Crippen LogP contribution in [0.5, 0.6) is 0 Å². The molecule has 3 unspecified atom stereocenters. The number of benzene rings is 1. The number of hydrogen-bond donors (Lipinski definition) is 2. The van der Waals surface area contributed by atoms with Crippen molar-refractivity contribution in [2.75, 3.05) is 6.54 Å². The van der Waals surface area contributed by atoms with E-state index in [1.807, 2.05) is 36.1 Å². The van der Waals surface area contributed by atoms with Gasteiger partial charge in [0.15, 0.2) is 0 Å². The van der Waals surface area contributed by atoms with Crippen LogP contribution in [-0.2, 0) is 11.2 Å². The molecule has 1 aliphatic heterocycles. The van der Waals surface area contributed by atoms with E-state index in [-0.39, 0.29) is 6.04 Å². The highest BCUT2D eigenvalue weighted by Gasteiger charge is 2.36. The second kappa shape index (κ2) is 5.08. The summed E-state index contributed by atoms with van der Waals surface area (Å²) in [7, 11) is 0. The highest BCUT2D eigenvalue weighted by molar-refractivity contribution is 5.76. The van der Waals surface area contributed by atoms with Crippen molar-refractivity contribution in [1.82, 2.24) is 4.90 Å². The monoisotopic (exact) mass is 249 g/mol. The highest BCUT2D eigenvalue weighted by Crippen LogP contribution is 2.32. The summed E-state index contributed by atoms with van der Waals surface area (Å²) in [5.41, 5.74) is 1.95. The van der Waals surface area contributed by atoms with Crippen LogP contribution in [0.25, 0.3) is 0 Å². The van der Waals surface area contributed by atoms with E-state index in [4.69, 9.17) is 0 Å². The van der Waals surface area contributed by atoms with Gasteiger partial charge in [-0.25, -0.2) is 0 Å². The summed E-state index contributed by atoms with van der Waals surface area (Å²) in [6.07, 6.45) is 0.286. The molecule has 4 heteroatoms. The van der Waals surface area contributed by atoms with E-state index in [9.17, 15) is 15.0 Å². The Labute approximate surface area is 107 Å². The van der Waals surface area contributed by atoms with Crippen molar-refractivity contribution in [1.29, 1.82) is 0 Å². The fourth-order valence-corrected chi connectivity index (χ4v) is 2.58. The Hall–Kier alpha value is -1.39. The van der Waals surface area contributed by atoms with Crippen LogP contribution in [0.2, 0.25) is 0 Å². The average molecular weight is 249 g/mol. The molecule has 0 fully saturated rings. The van der Waals surface area contributed by atoms with Crippen LogP contribution in [0.1, 0.15) is 31.0 Å². The quantitative estimate of drug-likeness (QED) is 0.851. The van der Waals surface area contributed by atoms with Gasteiger partial charge in [-0.3, -0.25) is 9.69 Å². The van der Waals surface area contributed by atoms with Gasteiger partial charge in [-0.15, -0.1) is 0 Å².